The zero-order valence-corrected chi connectivity index (χ0v) is 14.4. The van der Waals surface area contributed by atoms with E-state index in [0.717, 1.165) is 30.0 Å². The molecule has 5 rings (SSSR count). The van der Waals surface area contributed by atoms with Gasteiger partial charge in [-0.25, -0.2) is 0 Å². The highest BCUT2D eigenvalue weighted by molar-refractivity contribution is 6.10. The standard InChI is InChI=1S/C21H20N2O3/c24-17(22-16-7-3-5-12-4-1-2-6-15(12)16)11-23-20(25)18-13-8-9-14(10-13)19(18)21(23)26/h1-7,13-14,18-19H,8-11H2,(H,22,24)/t13-,14-,18-,19-/m0/s1. The molecule has 1 aliphatic heterocycles. The molecule has 0 radical (unpaired) electrons. The molecule has 3 aliphatic rings. The molecule has 5 heteroatoms. The number of anilines is 1. The van der Waals surface area contributed by atoms with Gasteiger partial charge in [-0.05, 0) is 42.6 Å². The maximum Gasteiger partial charge on any atom is 0.244 e. The van der Waals surface area contributed by atoms with E-state index in [4.69, 9.17) is 0 Å². The lowest BCUT2D eigenvalue weighted by atomic mass is 9.81. The zero-order valence-electron chi connectivity index (χ0n) is 14.4. The van der Waals surface area contributed by atoms with Crippen LogP contribution in [0.3, 0.4) is 0 Å². The van der Waals surface area contributed by atoms with E-state index in [1.54, 1.807) is 0 Å². The molecule has 3 amide bonds. The molecule has 26 heavy (non-hydrogen) atoms. The lowest BCUT2D eigenvalue weighted by molar-refractivity contribution is -0.143. The van der Waals surface area contributed by atoms with Crippen LogP contribution in [-0.4, -0.2) is 29.2 Å². The van der Waals surface area contributed by atoms with Gasteiger partial charge in [0.2, 0.25) is 17.7 Å². The number of carbonyl (C=O) groups excluding carboxylic acids is 3. The number of imide groups is 1. The summed E-state index contributed by atoms with van der Waals surface area (Å²) in [4.78, 5) is 39.2. The van der Waals surface area contributed by atoms with Gasteiger partial charge in [-0.2, -0.15) is 0 Å². The average Bonchev–Trinajstić information content (AvgIpc) is 3.32. The lowest BCUT2D eigenvalue weighted by Gasteiger charge is -2.19. The van der Waals surface area contributed by atoms with Crippen molar-refractivity contribution in [3.05, 3.63) is 42.5 Å². The number of rotatable bonds is 3. The van der Waals surface area contributed by atoms with Crippen LogP contribution in [0.5, 0.6) is 0 Å². The molecule has 132 valence electrons. The Labute approximate surface area is 151 Å². The number of likely N-dealkylation sites (tertiary alicyclic amines) is 1. The number of fused-ring (bicyclic) bond motifs is 6. The van der Waals surface area contributed by atoms with Crippen molar-refractivity contribution in [1.82, 2.24) is 4.90 Å². The Bertz CT molecular complexity index is 905. The van der Waals surface area contributed by atoms with Crippen molar-refractivity contribution in [2.45, 2.75) is 19.3 Å². The van der Waals surface area contributed by atoms with Crippen LogP contribution in [-0.2, 0) is 14.4 Å². The first-order valence-corrected chi connectivity index (χ1v) is 9.26. The van der Waals surface area contributed by atoms with Crippen molar-refractivity contribution in [2.24, 2.45) is 23.7 Å². The Balaban J connectivity index is 1.34. The Morgan fingerprint density at radius 3 is 2.35 bits per heavy atom. The number of nitrogens with one attached hydrogen (secondary N) is 1. The van der Waals surface area contributed by atoms with Crippen LogP contribution in [0.15, 0.2) is 42.5 Å². The third-order valence-corrected chi connectivity index (χ3v) is 6.38. The quantitative estimate of drug-likeness (QED) is 0.868. The fourth-order valence-corrected chi connectivity index (χ4v) is 5.29. The molecule has 3 fully saturated rings. The van der Waals surface area contributed by atoms with Gasteiger partial charge >= 0.3 is 0 Å². The summed E-state index contributed by atoms with van der Waals surface area (Å²) in [6, 6.07) is 13.5. The molecule has 0 spiro atoms. The van der Waals surface area contributed by atoms with Crippen molar-refractivity contribution in [2.75, 3.05) is 11.9 Å². The lowest BCUT2D eigenvalue weighted by Crippen LogP contribution is -2.39. The number of carbonyl (C=O) groups is 3. The van der Waals surface area contributed by atoms with Gasteiger partial charge in [-0.15, -0.1) is 0 Å². The summed E-state index contributed by atoms with van der Waals surface area (Å²) in [6.45, 7) is -0.187. The molecule has 0 aromatic heterocycles. The van der Waals surface area contributed by atoms with Crippen LogP contribution in [0.25, 0.3) is 10.8 Å². The smallest absolute Gasteiger partial charge is 0.244 e. The van der Waals surface area contributed by atoms with Crippen LogP contribution in [0.4, 0.5) is 5.69 Å². The Kier molecular flexibility index (Phi) is 3.39. The third-order valence-electron chi connectivity index (χ3n) is 6.38. The minimum Gasteiger partial charge on any atom is -0.324 e. The fraction of sp³-hybridized carbons (Fsp3) is 0.381. The van der Waals surface area contributed by atoms with E-state index in [-0.39, 0.29) is 36.1 Å². The van der Waals surface area contributed by atoms with Gasteiger partial charge in [0.1, 0.15) is 6.54 Å². The number of hydrogen-bond donors (Lipinski definition) is 1. The van der Waals surface area contributed by atoms with Crippen molar-refractivity contribution in [1.29, 1.82) is 0 Å². The van der Waals surface area contributed by atoms with E-state index in [9.17, 15) is 14.4 Å². The highest BCUT2D eigenvalue weighted by Crippen LogP contribution is 2.56. The first kappa shape index (κ1) is 15.6. The van der Waals surface area contributed by atoms with Gasteiger partial charge in [-0.3, -0.25) is 19.3 Å². The first-order chi connectivity index (χ1) is 12.6. The topological polar surface area (TPSA) is 66.5 Å². The summed E-state index contributed by atoms with van der Waals surface area (Å²) in [6.07, 6.45) is 3.09. The molecule has 2 bridgehead atoms. The second-order valence-electron chi connectivity index (χ2n) is 7.72. The molecule has 1 N–H and O–H groups in total. The maximum atomic E-state index is 12.7. The highest BCUT2D eigenvalue weighted by Gasteiger charge is 2.60. The Morgan fingerprint density at radius 1 is 0.962 bits per heavy atom. The van der Waals surface area contributed by atoms with E-state index < -0.39 is 0 Å². The van der Waals surface area contributed by atoms with Crippen molar-refractivity contribution in [3.63, 3.8) is 0 Å². The summed E-state index contributed by atoms with van der Waals surface area (Å²) in [7, 11) is 0. The van der Waals surface area contributed by atoms with Crippen molar-refractivity contribution < 1.29 is 14.4 Å². The summed E-state index contributed by atoms with van der Waals surface area (Å²) in [5.74, 6) is -0.269. The molecule has 4 atom stereocenters. The third kappa shape index (κ3) is 2.19. The summed E-state index contributed by atoms with van der Waals surface area (Å²) >= 11 is 0. The molecule has 2 aromatic rings. The molecule has 2 saturated carbocycles. The second-order valence-corrected chi connectivity index (χ2v) is 7.72. The van der Waals surface area contributed by atoms with Gasteiger partial charge in [-0.1, -0.05) is 36.4 Å². The Morgan fingerprint density at radius 2 is 1.62 bits per heavy atom. The second kappa shape index (κ2) is 5.66. The minimum atomic E-state index is -0.324. The van der Waals surface area contributed by atoms with Crippen LogP contribution in [0.2, 0.25) is 0 Å². The molecule has 2 aromatic carbocycles. The largest absolute Gasteiger partial charge is 0.324 e. The molecule has 0 unspecified atom stereocenters. The van der Waals surface area contributed by atoms with Crippen LogP contribution >= 0.6 is 0 Å². The van der Waals surface area contributed by atoms with Gasteiger partial charge in [0.05, 0.1) is 11.8 Å². The predicted octanol–water partition coefficient (Wildman–Crippen LogP) is 2.81. The van der Waals surface area contributed by atoms with Gasteiger partial charge < -0.3 is 5.32 Å². The highest BCUT2D eigenvalue weighted by atomic mass is 16.2. The van der Waals surface area contributed by atoms with Crippen LogP contribution < -0.4 is 5.32 Å². The summed E-state index contributed by atoms with van der Waals surface area (Å²) in [5.41, 5.74) is 0.701. The van der Waals surface area contributed by atoms with E-state index in [0.29, 0.717) is 17.5 Å². The minimum absolute atomic E-state index is 0.139. The molecule has 1 saturated heterocycles. The van der Waals surface area contributed by atoms with E-state index in [2.05, 4.69) is 5.32 Å². The van der Waals surface area contributed by atoms with Gasteiger partial charge in [0, 0.05) is 11.1 Å². The SMILES string of the molecule is O=C(CN1C(=O)[C@H]2[C@H]3CC[C@@H](C3)[C@@H]2C1=O)Nc1cccc2ccccc12. The van der Waals surface area contributed by atoms with Crippen molar-refractivity contribution in [3.8, 4) is 0 Å². The molecular weight excluding hydrogens is 328 g/mol. The van der Waals surface area contributed by atoms with Gasteiger partial charge in [0.15, 0.2) is 0 Å². The summed E-state index contributed by atoms with van der Waals surface area (Å²) < 4.78 is 0. The molecular formula is C21H20N2O3. The first-order valence-electron chi connectivity index (χ1n) is 9.26. The van der Waals surface area contributed by atoms with Crippen LogP contribution in [0, 0.1) is 23.7 Å². The fourth-order valence-electron chi connectivity index (χ4n) is 5.29. The van der Waals surface area contributed by atoms with Gasteiger partial charge in [0.25, 0.3) is 0 Å². The normalized spacial score (nSPS) is 29.5. The number of amides is 3. The zero-order chi connectivity index (χ0) is 17.8. The van der Waals surface area contributed by atoms with E-state index in [1.807, 2.05) is 42.5 Å². The Hall–Kier alpha value is -2.69. The van der Waals surface area contributed by atoms with Crippen molar-refractivity contribution >= 4 is 34.2 Å². The maximum absolute atomic E-state index is 12.7. The molecule has 1 heterocycles. The van der Waals surface area contributed by atoms with Crippen LogP contribution in [0.1, 0.15) is 19.3 Å². The van der Waals surface area contributed by atoms with E-state index >= 15 is 0 Å². The predicted molar refractivity (Wildman–Crippen MR) is 97.1 cm³/mol. The molecule has 2 aliphatic carbocycles. The summed E-state index contributed by atoms with van der Waals surface area (Å²) in [5, 5.41) is 4.85. The average molecular weight is 348 g/mol. The number of nitrogens with zero attached hydrogens (tertiary/aromatic N) is 1. The number of benzene rings is 2. The van der Waals surface area contributed by atoms with E-state index in [1.165, 1.54) is 4.90 Å². The monoisotopic (exact) mass is 348 g/mol. The number of hydrogen-bond acceptors (Lipinski definition) is 3. The molecule has 5 nitrogen and oxygen atoms in total.